The van der Waals surface area contributed by atoms with E-state index in [4.69, 9.17) is 9.84 Å². The zero-order chi connectivity index (χ0) is 13.2. The zero-order valence-corrected chi connectivity index (χ0v) is 9.67. The molecule has 1 amide bonds. The predicted molar refractivity (Wildman–Crippen MR) is 57.9 cm³/mol. The van der Waals surface area contributed by atoms with E-state index in [0.717, 1.165) is 6.07 Å². The highest BCUT2D eigenvalue weighted by Gasteiger charge is 2.18. The van der Waals surface area contributed by atoms with Gasteiger partial charge in [-0.2, -0.15) is 0 Å². The Morgan fingerprint density at radius 3 is 2.41 bits per heavy atom. The van der Waals surface area contributed by atoms with Crippen LogP contribution in [0.2, 0.25) is 0 Å². The molecule has 1 rings (SSSR count). The van der Waals surface area contributed by atoms with E-state index in [1.165, 1.54) is 0 Å². The largest absolute Gasteiger partial charge is 0.505 e. The Hall–Kier alpha value is -1.85. The number of ether oxygens (including phenoxy) is 1. The minimum absolute atomic E-state index is 0.349. The molecular formula is C11H13F2NO3. The summed E-state index contributed by atoms with van der Waals surface area (Å²) < 4.78 is 30.8. The lowest BCUT2D eigenvalue weighted by Crippen LogP contribution is -2.27. The molecule has 6 heteroatoms. The molecule has 0 aliphatic heterocycles. The molecule has 0 unspecified atom stereocenters. The van der Waals surface area contributed by atoms with Crippen molar-refractivity contribution in [2.24, 2.45) is 0 Å². The quantitative estimate of drug-likeness (QED) is 0.799. The fourth-order valence-corrected chi connectivity index (χ4v) is 1.05. The van der Waals surface area contributed by atoms with E-state index in [-0.39, 0.29) is 5.69 Å². The number of nitrogens with one attached hydrogen (secondary N) is 1. The minimum Gasteiger partial charge on any atom is -0.505 e. The van der Waals surface area contributed by atoms with E-state index < -0.39 is 29.1 Å². The van der Waals surface area contributed by atoms with Crippen molar-refractivity contribution in [1.29, 1.82) is 0 Å². The first kappa shape index (κ1) is 13.2. The molecule has 0 spiro atoms. The number of halogens is 2. The topological polar surface area (TPSA) is 58.6 Å². The molecule has 0 heterocycles. The minimum atomic E-state index is -1.10. The van der Waals surface area contributed by atoms with Gasteiger partial charge < -0.3 is 9.84 Å². The summed E-state index contributed by atoms with van der Waals surface area (Å²) in [5.41, 5.74) is -1.08. The maximum absolute atomic E-state index is 13.2. The van der Waals surface area contributed by atoms with Gasteiger partial charge >= 0.3 is 6.09 Å². The number of hydrogen-bond acceptors (Lipinski definition) is 3. The van der Waals surface area contributed by atoms with Crippen LogP contribution in [0.15, 0.2) is 12.1 Å². The average Bonchev–Trinajstić information content (AvgIpc) is 2.11. The van der Waals surface area contributed by atoms with Gasteiger partial charge in [0.25, 0.3) is 0 Å². The van der Waals surface area contributed by atoms with Gasteiger partial charge in [-0.1, -0.05) is 0 Å². The summed E-state index contributed by atoms with van der Waals surface area (Å²) in [6.07, 6.45) is -0.887. The van der Waals surface area contributed by atoms with Crippen LogP contribution in [0.1, 0.15) is 20.8 Å². The summed E-state index contributed by atoms with van der Waals surface area (Å²) in [6, 6.07) is 1.25. The van der Waals surface area contributed by atoms with Gasteiger partial charge in [-0.3, -0.25) is 5.32 Å². The maximum atomic E-state index is 13.2. The molecule has 0 atom stereocenters. The molecule has 0 radical (unpaired) electrons. The van der Waals surface area contributed by atoms with Crippen LogP contribution < -0.4 is 5.32 Å². The number of carbonyl (C=O) groups is 1. The number of amides is 1. The predicted octanol–water partition coefficient (Wildman–Crippen LogP) is 3.02. The van der Waals surface area contributed by atoms with E-state index in [1.54, 1.807) is 20.8 Å². The SMILES string of the molecule is CC(C)(C)OC(=O)Nc1cc(O)c(F)cc1F. The molecule has 1 aromatic rings. The summed E-state index contributed by atoms with van der Waals surface area (Å²) in [5, 5.41) is 11.1. The third-order valence-electron chi connectivity index (χ3n) is 1.67. The van der Waals surface area contributed by atoms with Gasteiger partial charge in [0, 0.05) is 12.1 Å². The fraction of sp³-hybridized carbons (Fsp3) is 0.364. The molecule has 0 aromatic heterocycles. The Bertz CT molecular complexity index is 441. The third-order valence-corrected chi connectivity index (χ3v) is 1.67. The van der Waals surface area contributed by atoms with E-state index in [9.17, 15) is 13.6 Å². The van der Waals surface area contributed by atoms with Crippen LogP contribution in [0.5, 0.6) is 5.75 Å². The summed E-state index contributed by atoms with van der Waals surface area (Å²) >= 11 is 0. The molecule has 1 aromatic carbocycles. The standard InChI is InChI=1S/C11H13F2NO3/c1-11(2,3)17-10(16)14-8-5-9(15)7(13)4-6(8)12/h4-5,15H,1-3H3,(H,14,16). The lowest BCUT2D eigenvalue weighted by molar-refractivity contribution is 0.0635. The summed E-state index contributed by atoms with van der Waals surface area (Å²) in [6.45, 7) is 4.93. The van der Waals surface area contributed by atoms with E-state index >= 15 is 0 Å². The van der Waals surface area contributed by atoms with Gasteiger partial charge in [0.2, 0.25) is 0 Å². The van der Waals surface area contributed by atoms with Crippen LogP contribution in [0.4, 0.5) is 19.3 Å². The van der Waals surface area contributed by atoms with Crippen LogP contribution >= 0.6 is 0 Å². The Kier molecular flexibility index (Phi) is 3.55. The molecule has 0 aliphatic rings. The molecule has 0 fully saturated rings. The monoisotopic (exact) mass is 245 g/mol. The Morgan fingerprint density at radius 2 is 1.88 bits per heavy atom. The van der Waals surface area contributed by atoms with Crippen LogP contribution in [-0.2, 0) is 4.74 Å². The highest BCUT2D eigenvalue weighted by atomic mass is 19.1. The van der Waals surface area contributed by atoms with Gasteiger partial charge in [-0.15, -0.1) is 0 Å². The second-order valence-electron chi connectivity index (χ2n) is 4.41. The van der Waals surface area contributed by atoms with Crippen molar-refractivity contribution in [3.05, 3.63) is 23.8 Å². The number of anilines is 1. The van der Waals surface area contributed by atoms with Crippen molar-refractivity contribution in [3.8, 4) is 5.75 Å². The number of aromatic hydroxyl groups is 1. The number of hydrogen-bond donors (Lipinski definition) is 2. The Morgan fingerprint density at radius 1 is 1.29 bits per heavy atom. The molecule has 2 N–H and O–H groups in total. The number of phenolic OH excluding ortho intramolecular Hbond substituents is 1. The Labute approximate surface area is 97.2 Å². The Balaban J connectivity index is 2.82. The zero-order valence-electron chi connectivity index (χ0n) is 9.67. The van der Waals surface area contributed by atoms with E-state index in [1.807, 2.05) is 0 Å². The van der Waals surface area contributed by atoms with Crippen LogP contribution in [0, 0.1) is 11.6 Å². The molecule has 0 saturated heterocycles. The molecule has 17 heavy (non-hydrogen) atoms. The highest BCUT2D eigenvalue weighted by molar-refractivity contribution is 5.85. The first-order valence-corrected chi connectivity index (χ1v) is 4.87. The summed E-state index contributed by atoms with van der Waals surface area (Å²) in [4.78, 5) is 11.3. The van der Waals surface area contributed by atoms with Gasteiger partial charge in [-0.05, 0) is 20.8 Å². The lowest BCUT2D eigenvalue weighted by Gasteiger charge is -2.19. The molecule has 4 nitrogen and oxygen atoms in total. The van der Waals surface area contributed by atoms with Gasteiger partial charge in [-0.25, -0.2) is 13.6 Å². The van der Waals surface area contributed by atoms with E-state index in [2.05, 4.69) is 5.32 Å². The first-order chi connectivity index (χ1) is 7.69. The molecule has 0 saturated carbocycles. The van der Waals surface area contributed by atoms with Crippen molar-refractivity contribution in [3.63, 3.8) is 0 Å². The summed E-state index contributed by atoms with van der Waals surface area (Å²) in [5.74, 6) is -2.85. The van der Waals surface area contributed by atoms with E-state index in [0.29, 0.717) is 6.07 Å². The van der Waals surface area contributed by atoms with Crippen LogP contribution in [0.25, 0.3) is 0 Å². The molecular weight excluding hydrogens is 232 g/mol. The maximum Gasteiger partial charge on any atom is 0.412 e. The van der Waals surface area contributed by atoms with Gasteiger partial charge in [0.15, 0.2) is 11.6 Å². The van der Waals surface area contributed by atoms with Crippen LogP contribution in [0.3, 0.4) is 0 Å². The molecule has 94 valence electrons. The first-order valence-electron chi connectivity index (χ1n) is 4.87. The number of rotatable bonds is 1. The normalized spacial score (nSPS) is 11.1. The van der Waals surface area contributed by atoms with Crippen molar-refractivity contribution in [2.45, 2.75) is 26.4 Å². The fourth-order valence-electron chi connectivity index (χ4n) is 1.05. The average molecular weight is 245 g/mol. The van der Waals surface area contributed by atoms with Crippen molar-refractivity contribution >= 4 is 11.8 Å². The smallest absolute Gasteiger partial charge is 0.412 e. The third kappa shape index (κ3) is 3.90. The van der Waals surface area contributed by atoms with Crippen molar-refractivity contribution < 1.29 is 23.4 Å². The molecule has 0 aliphatic carbocycles. The second-order valence-corrected chi connectivity index (χ2v) is 4.41. The summed E-state index contributed by atoms with van der Waals surface area (Å²) in [7, 11) is 0. The van der Waals surface area contributed by atoms with Crippen molar-refractivity contribution in [1.82, 2.24) is 0 Å². The lowest BCUT2D eigenvalue weighted by atomic mass is 10.2. The number of carbonyl (C=O) groups excluding carboxylic acids is 1. The highest BCUT2D eigenvalue weighted by Crippen LogP contribution is 2.24. The van der Waals surface area contributed by atoms with Gasteiger partial charge in [0.05, 0.1) is 5.69 Å². The van der Waals surface area contributed by atoms with Crippen LogP contribution in [-0.4, -0.2) is 16.8 Å². The number of benzene rings is 1. The van der Waals surface area contributed by atoms with Gasteiger partial charge in [0.1, 0.15) is 11.4 Å². The number of phenols is 1. The molecule has 0 bridgehead atoms. The van der Waals surface area contributed by atoms with Crippen molar-refractivity contribution in [2.75, 3.05) is 5.32 Å². The second kappa shape index (κ2) is 4.57.